The predicted molar refractivity (Wildman–Crippen MR) is 105 cm³/mol. The van der Waals surface area contributed by atoms with E-state index in [-0.39, 0.29) is 5.78 Å². The molecule has 6 heteroatoms. The van der Waals surface area contributed by atoms with Crippen molar-refractivity contribution in [3.8, 4) is 0 Å². The number of halogens is 1. The number of nitrogens with zero attached hydrogens (tertiary/aromatic N) is 2. The van der Waals surface area contributed by atoms with Crippen LogP contribution in [-0.2, 0) is 6.42 Å². The zero-order valence-corrected chi connectivity index (χ0v) is 15.1. The average Bonchev–Trinajstić information content (AvgIpc) is 2.62. The van der Waals surface area contributed by atoms with Gasteiger partial charge in [0.2, 0.25) is 0 Å². The number of benzene rings is 2. The fourth-order valence-corrected chi connectivity index (χ4v) is 2.73. The SMILES string of the molecule is CC(=O)c1cccc(Nc2cc(NCCc3cccc(Cl)c3)ncn2)c1. The number of hydrogen-bond donors (Lipinski definition) is 2. The fourth-order valence-electron chi connectivity index (χ4n) is 2.51. The summed E-state index contributed by atoms with van der Waals surface area (Å²) in [7, 11) is 0. The molecule has 0 fully saturated rings. The van der Waals surface area contributed by atoms with Crippen molar-refractivity contribution in [3.05, 3.63) is 77.1 Å². The maximum absolute atomic E-state index is 11.5. The van der Waals surface area contributed by atoms with Gasteiger partial charge in [0.05, 0.1) is 0 Å². The number of anilines is 3. The summed E-state index contributed by atoms with van der Waals surface area (Å²) in [5.74, 6) is 1.41. The number of carbonyl (C=O) groups excluding carboxylic acids is 1. The number of rotatable bonds is 7. The van der Waals surface area contributed by atoms with Crippen LogP contribution in [0.1, 0.15) is 22.8 Å². The molecule has 0 aliphatic carbocycles. The molecule has 132 valence electrons. The normalized spacial score (nSPS) is 10.4. The van der Waals surface area contributed by atoms with Crippen LogP contribution in [-0.4, -0.2) is 22.3 Å². The first-order chi connectivity index (χ1) is 12.6. The Morgan fingerprint density at radius 1 is 1.04 bits per heavy atom. The maximum Gasteiger partial charge on any atom is 0.159 e. The summed E-state index contributed by atoms with van der Waals surface area (Å²) >= 11 is 6.00. The van der Waals surface area contributed by atoms with Crippen LogP contribution in [0, 0.1) is 0 Å². The lowest BCUT2D eigenvalue weighted by molar-refractivity contribution is 0.101. The number of Topliss-reactive ketones (excluding diaryl/α,β-unsaturated/α-hetero) is 1. The molecule has 0 unspecified atom stereocenters. The third kappa shape index (κ3) is 5.04. The molecule has 0 amide bonds. The standard InChI is InChI=1S/C20H19ClN4O/c1-14(26)16-5-3-7-18(11-16)25-20-12-19(23-13-24-20)22-9-8-15-4-2-6-17(21)10-15/h2-7,10-13H,8-9H2,1H3,(H2,22,23,24,25). The van der Waals surface area contributed by atoms with E-state index in [1.165, 1.54) is 11.9 Å². The molecule has 0 spiro atoms. The Morgan fingerprint density at radius 2 is 1.85 bits per heavy atom. The van der Waals surface area contributed by atoms with E-state index in [4.69, 9.17) is 11.6 Å². The third-order valence-electron chi connectivity index (χ3n) is 3.82. The van der Waals surface area contributed by atoms with Crippen LogP contribution >= 0.6 is 11.6 Å². The van der Waals surface area contributed by atoms with Crippen molar-refractivity contribution in [2.75, 3.05) is 17.2 Å². The molecule has 26 heavy (non-hydrogen) atoms. The number of ketones is 1. The van der Waals surface area contributed by atoms with E-state index >= 15 is 0 Å². The molecule has 2 aromatic carbocycles. The summed E-state index contributed by atoms with van der Waals surface area (Å²) in [4.78, 5) is 19.9. The molecule has 2 N–H and O–H groups in total. The van der Waals surface area contributed by atoms with E-state index < -0.39 is 0 Å². The van der Waals surface area contributed by atoms with Gasteiger partial charge in [-0.3, -0.25) is 4.79 Å². The molecule has 0 radical (unpaired) electrons. The topological polar surface area (TPSA) is 66.9 Å². The fraction of sp³-hybridized carbons (Fsp3) is 0.150. The Morgan fingerprint density at radius 3 is 2.65 bits per heavy atom. The van der Waals surface area contributed by atoms with Crippen molar-refractivity contribution in [3.63, 3.8) is 0 Å². The van der Waals surface area contributed by atoms with Crippen LogP contribution in [0.15, 0.2) is 60.9 Å². The molecular formula is C20H19ClN4O. The Kier molecular flexibility index (Phi) is 5.81. The highest BCUT2D eigenvalue weighted by atomic mass is 35.5. The Hall–Kier alpha value is -2.92. The molecule has 0 saturated heterocycles. The van der Waals surface area contributed by atoms with Gasteiger partial charge in [-0.25, -0.2) is 9.97 Å². The summed E-state index contributed by atoms with van der Waals surface area (Å²) in [6, 6.07) is 17.0. The van der Waals surface area contributed by atoms with E-state index in [2.05, 4.69) is 20.6 Å². The predicted octanol–water partition coefficient (Wildman–Crippen LogP) is 4.73. The van der Waals surface area contributed by atoms with Gasteiger partial charge in [0.1, 0.15) is 18.0 Å². The molecule has 1 heterocycles. The highest BCUT2D eigenvalue weighted by Gasteiger charge is 2.03. The highest BCUT2D eigenvalue weighted by molar-refractivity contribution is 6.30. The van der Waals surface area contributed by atoms with Gasteiger partial charge in [-0.2, -0.15) is 0 Å². The lowest BCUT2D eigenvalue weighted by Crippen LogP contribution is -2.07. The first-order valence-electron chi connectivity index (χ1n) is 8.28. The molecule has 0 bridgehead atoms. The highest BCUT2D eigenvalue weighted by Crippen LogP contribution is 2.18. The minimum atomic E-state index is 0.0275. The van der Waals surface area contributed by atoms with Crippen molar-refractivity contribution < 1.29 is 4.79 Å². The van der Waals surface area contributed by atoms with E-state index in [1.807, 2.05) is 42.5 Å². The van der Waals surface area contributed by atoms with Crippen LogP contribution < -0.4 is 10.6 Å². The molecule has 0 aliphatic rings. The number of carbonyl (C=O) groups is 1. The number of aromatic nitrogens is 2. The molecule has 0 saturated carbocycles. The molecular weight excluding hydrogens is 348 g/mol. The van der Waals surface area contributed by atoms with Gasteiger partial charge in [0.15, 0.2) is 5.78 Å². The maximum atomic E-state index is 11.5. The second-order valence-electron chi connectivity index (χ2n) is 5.86. The van der Waals surface area contributed by atoms with Gasteiger partial charge < -0.3 is 10.6 Å². The Labute approximate surface area is 157 Å². The Balaban J connectivity index is 1.61. The lowest BCUT2D eigenvalue weighted by Gasteiger charge is -2.09. The van der Waals surface area contributed by atoms with Gasteiger partial charge in [-0.05, 0) is 43.2 Å². The third-order valence-corrected chi connectivity index (χ3v) is 4.05. The van der Waals surface area contributed by atoms with Crippen LogP contribution in [0.25, 0.3) is 0 Å². The van der Waals surface area contributed by atoms with Crippen molar-refractivity contribution in [1.82, 2.24) is 9.97 Å². The smallest absolute Gasteiger partial charge is 0.159 e. The van der Waals surface area contributed by atoms with Crippen molar-refractivity contribution in [1.29, 1.82) is 0 Å². The summed E-state index contributed by atoms with van der Waals surface area (Å²) in [6.07, 6.45) is 2.34. The second kappa shape index (κ2) is 8.45. The summed E-state index contributed by atoms with van der Waals surface area (Å²) < 4.78 is 0. The second-order valence-corrected chi connectivity index (χ2v) is 6.29. The van der Waals surface area contributed by atoms with Gasteiger partial charge in [0, 0.05) is 28.9 Å². The minimum absolute atomic E-state index is 0.0275. The summed E-state index contributed by atoms with van der Waals surface area (Å²) in [5, 5.41) is 7.21. The van der Waals surface area contributed by atoms with Gasteiger partial charge >= 0.3 is 0 Å². The van der Waals surface area contributed by atoms with Gasteiger partial charge in [-0.15, -0.1) is 0 Å². The number of nitrogens with one attached hydrogen (secondary N) is 2. The van der Waals surface area contributed by atoms with Gasteiger partial charge in [-0.1, -0.05) is 35.9 Å². The average molecular weight is 367 g/mol. The van der Waals surface area contributed by atoms with Crippen molar-refractivity contribution in [2.45, 2.75) is 13.3 Å². The van der Waals surface area contributed by atoms with E-state index in [1.54, 1.807) is 19.1 Å². The van der Waals surface area contributed by atoms with Crippen LogP contribution in [0.5, 0.6) is 0 Å². The first-order valence-corrected chi connectivity index (χ1v) is 8.66. The zero-order valence-electron chi connectivity index (χ0n) is 14.4. The molecule has 0 aliphatic heterocycles. The summed E-state index contributed by atoms with van der Waals surface area (Å²) in [6.45, 7) is 2.28. The first kappa shape index (κ1) is 17.9. The summed E-state index contributed by atoms with van der Waals surface area (Å²) in [5.41, 5.74) is 2.63. The Bertz CT molecular complexity index is 914. The van der Waals surface area contributed by atoms with Crippen LogP contribution in [0.3, 0.4) is 0 Å². The number of hydrogen-bond acceptors (Lipinski definition) is 5. The van der Waals surface area contributed by atoms with E-state index in [0.29, 0.717) is 11.4 Å². The minimum Gasteiger partial charge on any atom is -0.370 e. The van der Waals surface area contributed by atoms with Crippen molar-refractivity contribution in [2.24, 2.45) is 0 Å². The molecule has 1 aromatic heterocycles. The molecule has 5 nitrogen and oxygen atoms in total. The van der Waals surface area contributed by atoms with Crippen molar-refractivity contribution >= 4 is 34.7 Å². The quantitative estimate of drug-likeness (QED) is 0.591. The lowest BCUT2D eigenvalue weighted by atomic mass is 10.1. The molecule has 3 rings (SSSR count). The van der Waals surface area contributed by atoms with Gasteiger partial charge in [0.25, 0.3) is 0 Å². The van der Waals surface area contributed by atoms with E-state index in [9.17, 15) is 4.79 Å². The monoisotopic (exact) mass is 366 g/mol. The van der Waals surface area contributed by atoms with Crippen LogP contribution in [0.2, 0.25) is 5.02 Å². The molecule has 3 aromatic rings. The van der Waals surface area contributed by atoms with Crippen LogP contribution in [0.4, 0.5) is 17.3 Å². The zero-order chi connectivity index (χ0) is 18.4. The van der Waals surface area contributed by atoms with E-state index in [0.717, 1.165) is 29.5 Å². The molecule has 0 atom stereocenters. The largest absolute Gasteiger partial charge is 0.370 e.